The Bertz CT molecular complexity index is 400. The van der Waals surface area contributed by atoms with Crippen LogP contribution in [-0.2, 0) is 4.74 Å². The number of hydrogen-bond donors (Lipinski definition) is 0. The average Bonchev–Trinajstić information content (AvgIpc) is 2.39. The fourth-order valence-corrected chi connectivity index (χ4v) is 2.09. The van der Waals surface area contributed by atoms with Gasteiger partial charge in [0, 0.05) is 17.8 Å². The van der Waals surface area contributed by atoms with E-state index in [0.29, 0.717) is 5.92 Å². The molecule has 2 rings (SSSR count). The van der Waals surface area contributed by atoms with Gasteiger partial charge in [-0.1, -0.05) is 0 Å². The number of methoxy groups -OCH3 is 1. The van der Waals surface area contributed by atoms with Gasteiger partial charge in [0.05, 0.1) is 7.11 Å². The Morgan fingerprint density at radius 2 is 2.18 bits per heavy atom. The number of carbonyl (C=O) groups is 1. The summed E-state index contributed by atoms with van der Waals surface area (Å²) in [7, 11) is 3.46. The minimum atomic E-state index is -0.472. The summed E-state index contributed by atoms with van der Waals surface area (Å²) in [6.45, 7) is 2.14. The molecule has 1 aliphatic heterocycles. The quantitative estimate of drug-likeness (QED) is 0.718. The summed E-state index contributed by atoms with van der Waals surface area (Å²) in [5.74, 6) is 0.112. The molecule has 0 unspecified atom stereocenters. The second kappa shape index (κ2) is 5.23. The van der Waals surface area contributed by atoms with Crippen molar-refractivity contribution in [1.29, 1.82) is 0 Å². The molecule has 17 heavy (non-hydrogen) atoms. The Labute approximate surface area is 101 Å². The molecule has 1 aromatic heterocycles. The van der Waals surface area contributed by atoms with Crippen molar-refractivity contribution >= 4 is 5.97 Å². The second-order valence-electron chi connectivity index (χ2n) is 4.37. The molecule has 0 aromatic carbocycles. The summed E-state index contributed by atoms with van der Waals surface area (Å²) in [5.41, 5.74) is 0.952. The lowest BCUT2D eigenvalue weighted by atomic mass is 9.93. The van der Waals surface area contributed by atoms with Crippen molar-refractivity contribution in [3.8, 4) is 0 Å². The zero-order chi connectivity index (χ0) is 12.3. The minimum Gasteiger partial charge on any atom is -0.463 e. The average molecular weight is 235 g/mol. The van der Waals surface area contributed by atoms with Crippen LogP contribution >= 0.6 is 0 Å². The van der Waals surface area contributed by atoms with Crippen LogP contribution in [0, 0.1) is 0 Å². The van der Waals surface area contributed by atoms with E-state index in [1.165, 1.54) is 7.11 Å². The molecule has 0 radical (unpaired) electrons. The van der Waals surface area contributed by atoms with Crippen molar-refractivity contribution in [1.82, 2.24) is 14.9 Å². The lowest BCUT2D eigenvalue weighted by Gasteiger charge is -2.28. The SMILES string of the molecule is COC(=O)c1nccc(C2CCN(C)CC2)n1. The highest BCUT2D eigenvalue weighted by molar-refractivity contribution is 5.84. The van der Waals surface area contributed by atoms with Crippen LogP contribution in [0.3, 0.4) is 0 Å². The molecule has 5 nitrogen and oxygen atoms in total. The fourth-order valence-electron chi connectivity index (χ4n) is 2.09. The molecule has 0 bridgehead atoms. The van der Waals surface area contributed by atoms with Crippen LogP contribution in [0.5, 0.6) is 0 Å². The van der Waals surface area contributed by atoms with Gasteiger partial charge in [-0.2, -0.15) is 0 Å². The van der Waals surface area contributed by atoms with Crippen molar-refractivity contribution in [3.63, 3.8) is 0 Å². The maximum atomic E-state index is 11.3. The van der Waals surface area contributed by atoms with E-state index in [2.05, 4.69) is 26.7 Å². The fraction of sp³-hybridized carbons (Fsp3) is 0.583. The van der Waals surface area contributed by atoms with Crippen LogP contribution in [0.2, 0.25) is 0 Å². The summed E-state index contributed by atoms with van der Waals surface area (Å²) < 4.78 is 4.62. The first-order valence-electron chi connectivity index (χ1n) is 5.80. The molecular formula is C12H17N3O2. The van der Waals surface area contributed by atoms with Gasteiger partial charge >= 0.3 is 5.97 Å². The molecule has 2 heterocycles. The largest absolute Gasteiger partial charge is 0.463 e. The van der Waals surface area contributed by atoms with Crippen LogP contribution in [-0.4, -0.2) is 48.1 Å². The second-order valence-corrected chi connectivity index (χ2v) is 4.37. The maximum absolute atomic E-state index is 11.3. The topological polar surface area (TPSA) is 55.3 Å². The number of esters is 1. The van der Waals surface area contributed by atoms with E-state index in [-0.39, 0.29) is 5.82 Å². The van der Waals surface area contributed by atoms with Gasteiger partial charge in [0.15, 0.2) is 0 Å². The Hall–Kier alpha value is -1.49. The van der Waals surface area contributed by atoms with E-state index in [9.17, 15) is 4.79 Å². The van der Waals surface area contributed by atoms with Gasteiger partial charge < -0.3 is 9.64 Å². The van der Waals surface area contributed by atoms with Crippen LogP contribution in [0.4, 0.5) is 0 Å². The summed E-state index contributed by atoms with van der Waals surface area (Å²) in [5, 5.41) is 0. The standard InChI is InChI=1S/C12H17N3O2/c1-15-7-4-9(5-8-15)10-3-6-13-11(14-10)12(16)17-2/h3,6,9H,4-5,7-8H2,1-2H3. The highest BCUT2D eigenvalue weighted by Crippen LogP contribution is 2.25. The highest BCUT2D eigenvalue weighted by atomic mass is 16.5. The van der Waals surface area contributed by atoms with Gasteiger partial charge in [0.1, 0.15) is 0 Å². The first kappa shape index (κ1) is 12.0. The van der Waals surface area contributed by atoms with Crippen molar-refractivity contribution in [2.45, 2.75) is 18.8 Å². The third-order valence-corrected chi connectivity index (χ3v) is 3.18. The van der Waals surface area contributed by atoms with E-state index in [0.717, 1.165) is 31.6 Å². The number of piperidine rings is 1. The van der Waals surface area contributed by atoms with Gasteiger partial charge in [-0.3, -0.25) is 0 Å². The Kier molecular flexibility index (Phi) is 3.68. The number of ether oxygens (including phenoxy) is 1. The third kappa shape index (κ3) is 2.79. The number of nitrogens with zero attached hydrogens (tertiary/aromatic N) is 3. The van der Waals surface area contributed by atoms with Crippen molar-refractivity contribution in [2.75, 3.05) is 27.2 Å². The molecule has 0 saturated carbocycles. The predicted octanol–water partition coefficient (Wildman–Crippen LogP) is 1.07. The van der Waals surface area contributed by atoms with Crippen molar-refractivity contribution < 1.29 is 9.53 Å². The molecule has 92 valence electrons. The number of rotatable bonds is 2. The minimum absolute atomic E-state index is 0.156. The third-order valence-electron chi connectivity index (χ3n) is 3.18. The Morgan fingerprint density at radius 3 is 2.82 bits per heavy atom. The first-order chi connectivity index (χ1) is 8.20. The molecule has 5 heteroatoms. The van der Waals surface area contributed by atoms with Gasteiger partial charge in [-0.15, -0.1) is 0 Å². The van der Waals surface area contributed by atoms with E-state index >= 15 is 0 Å². The first-order valence-corrected chi connectivity index (χ1v) is 5.80. The Morgan fingerprint density at radius 1 is 1.47 bits per heavy atom. The molecule has 0 amide bonds. The molecular weight excluding hydrogens is 218 g/mol. The Balaban J connectivity index is 2.13. The zero-order valence-electron chi connectivity index (χ0n) is 10.2. The molecule has 0 spiro atoms. The summed E-state index contributed by atoms with van der Waals surface area (Å²) in [6, 6.07) is 1.89. The molecule has 1 aliphatic rings. The van der Waals surface area contributed by atoms with E-state index < -0.39 is 5.97 Å². The lowest BCUT2D eigenvalue weighted by molar-refractivity contribution is 0.0586. The number of carbonyl (C=O) groups excluding carboxylic acids is 1. The maximum Gasteiger partial charge on any atom is 0.376 e. The molecule has 1 saturated heterocycles. The smallest absolute Gasteiger partial charge is 0.376 e. The van der Waals surface area contributed by atoms with E-state index in [1.807, 2.05) is 6.07 Å². The van der Waals surface area contributed by atoms with Crippen LogP contribution in [0.25, 0.3) is 0 Å². The van der Waals surface area contributed by atoms with Gasteiger partial charge in [0.2, 0.25) is 5.82 Å². The van der Waals surface area contributed by atoms with Crippen LogP contribution in [0.15, 0.2) is 12.3 Å². The summed E-state index contributed by atoms with van der Waals surface area (Å²) >= 11 is 0. The molecule has 1 fully saturated rings. The zero-order valence-corrected chi connectivity index (χ0v) is 10.2. The molecule has 1 aromatic rings. The summed E-state index contributed by atoms with van der Waals surface area (Å²) in [6.07, 6.45) is 3.79. The van der Waals surface area contributed by atoms with Gasteiger partial charge in [-0.05, 0) is 39.0 Å². The normalized spacial score (nSPS) is 18.0. The van der Waals surface area contributed by atoms with E-state index in [4.69, 9.17) is 0 Å². The monoisotopic (exact) mass is 235 g/mol. The molecule has 0 aliphatic carbocycles. The summed E-state index contributed by atoms with van der Waals surface area (Å²) in [4.78, 5) is 21.9. The van der Waals surface area contributed by atoms with Crippen molar-refractivity contribution in [2.24, 2.45) is 0 Å². The van der Waals surface area contributed by atoms with Gasteiger partial charge in [-0.25, -0.2) is 14.8 Å². The van der Waals surface area contributed by atoms with Crippen molar-refractivity contribution in [3.05, 3.63) is 23.8 Å². The molecule has 0 N–H and O–H groups in total. The molecule has 0 atom stereocenters. The van der Waals surface area contributed by atoms with Gasteiger partial charge in [0.25, 0.3) is 0 Å². The number of hydrogen-bond acceptors (Lipinski definition) is 5. The van der Waals surface area contributed by atoms with Crippen LogP contribution < -0.4 is 0 Å². The number of likely N-dealkylation sites (tertiary alicyclic amines) is 1. The number of aromatic nitrogens is 2. The predicted molar refractivity (Wildman–Crippen MR) is 62.8 cm³/mol. The lowest BCUT2D eigenvalue weighted by Crippen LogP contribution is -2.29. The highest BCUT2D eigenvalue weighted by Gasteiger charge is 2.21. The van der Waals surface area contributed by atoms with E-state index in [1.54, 1.807) is 6.20 Å². The van der Waals surface area contributed by atoms with Crippen LogP contribution in [0.1, 0.15) is 35.1 Å².